The minimum Gasteiger partial charge on any atom is -0.355 e. The number of aryl methyl sites for hydroxylation is 2. The van der Waals surface area contributed by atoms with Crippen molar-refractivity contribution in [2.24, 2.45) is 0 Å². The first-order valence-electron chi connectivity index (χ1n) is 11.6. The van der Waals surface area contributed by atoms with Crippen molar-refractivity contribution in [1.29, 1.82) is 0 Å². The monoisotopic (exact) mass is 487 g/mol. The predicted octanol–water partition coefficient (Wildman–Crippen LogP) is 3.71. The molecule has 0 spiro atoms. The summed E-state index contributed by atoms with van der Waals surface area (Å²) in [5.41, 5.74) is 4.54. The summed E-state index contributed by atoms with van der Waals surface area (Å²) in [6.45, 7) is 10.3. The van der Waals surface area contributed by atoms with Gasteiger partial charge in [0.15, 0.2) is 0 Å². The van der Waals surface area contributed by atoms with Gasteiger partial charge < -0.3 is 10.2 Å². The highest BCUT2D eigenvalue weighted by atomic mass is 32.2. The molecule has 0 aromatic heterocycles. The highest BCUT2D eigenvalue weighted by Gasteiger charge is 2.26. The van der Waals surface area contributed by atoms with E-state index >= 15 is 0 Å². The minimum absolute atomic E-state index is 0.131. The Balaban J connectivity index is 2.19. The molecule has 0 saturated heterocycles. The zero-order valence-electron chi connectivity index (χ0n) is 21.1. The van der Waals surface area contributed by atoms with E-state index in [0.29, 0.717) is 25.2 Å². The topological polar surface area (TPSA) is 86.8 Å². The Morgan fingerprint density at radius 1 is 1.06 bits per heavy atom. The molecule has 2 amide bonds. The maximum Gasteiger partial charge on any atom is 0.242 e. The standard InChI is InChI=1S/C26H37N3O4S/c1-7-27-26(31)22(5)28(18-23-13-8-11-19(2)17-23)25(30)15-10-16-29(34(6,32)33)24-14-9-12-20(3)21(24)4/h8-9,11-14,17,22H,7,10,15-16,18H2,1-6H3,(H,27,31). The molecule has 0 saturated carbocycles. The van der Waals surface area contributed by atoms with E-state index in [1.165, 1.54) is 10.6 Å². The molecule has 0 fully saturated rings. The summed E-state index contributed by atoms with van der Waals surface area (Å²) in [4.78, 5) is 27.3. The molecule has 1 N–H and O–H groups in total. The number of anilines is 1. The lowest BCUT2D eigenvalue weighted by atomic mass is 10.1. The summed E-state index contributed by atoms with van der Waals surface area (Å²) in [6, 6.07) is 12.8. The lowest BCUT2D eigenvalue weighted by Crippen LogP contribution is -2.47. The van der Waals surface area contributed by atoms with Gasteiger partial charge in [-0.15, -0.1) is 0 Å². The highest BCUT2D eigenvalue weighted by Crippen LogP contribution is 2.25. The minimum atomic E-state index is -3.52. The third kappa shape index (κ3) is 7.32. The average molecular weight is 488 g/mol. The molecule has 34 heavy (non-hydrogen) atoms. The average Bonchev–Trinajstić information content (AvgIpc) is 2.76. The maximum atomic E-state index is 13.2. The number of nitrogens with one attached hydrogen (secondary N) is 1. The van der Waals surface area contributed by atoms with Gasteiger partial charge in [0.05, 0.1) is 11.9 Å². The van der Waals surface area contributed by atoms with Gasteiger partial charge in [-0.1, -0.05) is 42.0 Å². The number of likely N-dealkylation sites (N-methyl/N-ethyl adjacent to an activating group) is 1. The predicted molar refractivity (Wildman–Crippen MR) is 137 cm³/mol. The quantitative estimate of drug-likeness (QED) is 0.523. The lowest BCUT2D eigenvalue weighted by Gasteiger charge is -2.29. The van der Waals surface area contributed by atoms with E-state index in [2.05, 4.69) is 5.32 Å². The third-order valence-electron chi connectivity index (χ3n) is 5.95. The fourth-order valence-corrected chi connectivity index (χ4v) is 4.92. The molecule has 0 aliphatic carbocycles. The first-order valence-corrected chi connectivity index (χ1v) is 13.5. The van der Waals surface area contributed by atoms with Crippen LogP contribution in [0.15, 0.2) is 42.5 Å². The molecular formula is C26H37N3O4S. The molecule has 0 heterocycles. The second-order valence-electron chi connectivity index (χ2n) is 8.74. The van der Waals surface area contributed by atoms with Gasteiger partial charge in [-0.25, -0.2) is 8.42 Å². The number of carbonyl (C=O) groups is 2. The molecule has 1 unspecified atom stereocenters. The molecule has 0 aliphatic rings. The molecule has 2 aromatic carbocycles. The molecule has 2 aromatic rings. The van der Waals surface area contributed by atoms with E-state index in [1.807, 2.05) is 64.1 Å². The molecule has 0 bridgehead atoms. The van der Waals surface area contributed by atoms with E-state index in [1.54, 1.807) is 17.9 Å². The normalized spacial score (nSPS) is 12.2. The van der Waals surface area contributed by atoms with Crippen LogP contribution in [0, 0.1) is 20.8 Å². The molecular weight excluding hydrogens is 450 g/mol. The van der Waals surface area contributed by atoms with E-state index < -0.39 is 16.1 Å². The Morgan fingerprint density at radius 2 is 1.74 bits per heavy atom. The van der Waals surface area contributed by atoms with Crippen molar-refractivity contribution >= 4 is 27.5 Å². The Hall–Kier alpha value is -2.87. The Morgan fingerprint density at radius 3 is 2.35 bits per heavy atom. The number of carbonyl (C=O) groups excluding carboxylic acids is 2. The molecule has 0 radical (unpaired) electrons. The number of benzene rings is 2. The summed E-state index contributed by atoms with van der Waals surface area (Å²) in [6.07, 6.45) is 1.65. The van der Waals surface area contributed by atoms with Crippen LogP contribution in [0.2, 0.25) is 0 Å². The number of rotatable bonds is 11. The van der Waals surface area contributed by atoms with Crippen LogP contribution in [0.3, 0.4) is 0 Å². The van der Waals surface area contributed by atoms with Crippen LogP contribution in [0.1, 0.15) is 48.9 Å². The van der Waals surface area contributed by atoms with Crippen LogP contribution < -0.4 is 9.62 Å². The molecule has 7 nitrogen and oxygen atoms in total. The first-order chi connectivity index (χ1) is 16.0. The van der Waals surface area contributed by atoms with Crippen LogP contribution in [0.4, 0.5) is 5.69 Å². The molecule has 1 atom stereocenters. The van der Waals surface area contributed by atoms with Gasteiger partial charge in [0, 0.05) is 26.1 Å². The van der Waals surface area contributed by atoms with Gasteiger partial charge in [0.1, 0.15) is 6.04 Å². The smallest absolute Gasteiger partial charge is 0.242 e. The number of hydrogen-bond acceptors (Lipinski definition) is 4. The lowest BCUT2D eigenvalue weighted by molar-refractivity contribution is -0.140. The van der Waals surface area contributed by atoms with Crippen molar-refractivity contribution in [1.82, 2.24) is 10.2 Å². The second-order valence-corrected chi connectivity index (χ2v) is 10.6. The van der Waals surface area contributed by atoms with E-state index in [0.717, 1.165) is 22.3 Å². The molecule has 186 valence electrons. The number of sulfonamides is 1. The largest absolute Gasteiger partial charge is 0.355 e. The van der Waals surface area contributed by atoms with Crippen LogP contribution in [0.25, 0.3) is 0 Å². The second kappa shape index (κ2) is 12.0. The van der Waals surface area contributed by atoms with Crippen molar-refractivity contribution in [3.8, 4) is 0 Å². The van der Waals surface area contributed by atoms with Crippen molar-refractivity contribution in [2.45, 2.75) is 60.0 Å². The van der Waals surface area contributed by atoms with Crippen LogP contribution in [-0.4, -0.2) is 50.5 Å². The fourth-order valence-electron chi connectivity index (χ4n) is 3.90. The maximum absolute atomic E-state index is 13.2. The van der Waals surface area contributed by atoms with E-state index in [9.17, 15) is 18.0 Å². The Kier molecular flexibility index (Phi) is 9.67. The van der Waals surface area contributed by atoms with Crippen molar-refractivity contribution in [3.05, 3.63) is 64.7 Å². The number of hydrogen-bond donors (Lipinski definition) is 1. The number of amides is 2. The van der Waals surface area contributed by atoms with Crippen LogP contribution in [-0.2, 0) is 26.2 Å². The van der Waals surface area contributed by atoms with Crippen molar-refractivity contribution in [3.63, 3.8) is 0 Å². The molecule has 8 heteroatoms. The molecule has 0 aliphatic heterocycles. The summed E-state index contributed by atoms with van der Waals surface area (Å²) >= 11 is 0. The zero-order chi connectivity index (χ0) is 25.5. The summed E-state index contributed by atoms with van der Waals surface area (Å²) in [5.74, 6) is -0.397. The Labute approximate surface area is 204 Å². The van der Waals surface area contributed by atoms with Gasteiger partial charge >= 0.3 is 0 Å². The van der Waals surface area contributed by atoms with E-state index in [4.69, 9.17) is 0 Å². The van der Waals surface area contributed by atoms with Gasteiger partial charge in [0.25, 0.3) is 0 Å². The van der Waals surface area contributed by atoms with Gasteiger partial charge in [-0.05, 0) is 63.8 Å². The van der Waals surface area contributed by atoms with Crippen LogP contribution >= 0.6 is 0 Å². The van der Waals surface area contributed by atoms with Crippen LogP contribution in [0.5, 0.6) is 0 Å². The zero-order valence-corrected chi connectivity index (χ0v) is 21.9. The van der Waals surface area contributed by atoms with E-state index in [-0.39, 0.29) is 24.8 Å². The van der Waals surface area contributed by atoms with Crippen molar-refractivity contribution in [2.75, 3.05) is 23.7 Å². The van der Waals surface area contributed by atoms with Gasteiger partial charge in [0.2, 0.25) is 21.8 Å². The summed E-state index contributed by atoms with van der Waals surface area (Å²) in [5, 5.41) is 2.78. The Bertz CT molecular complexity index is 1110. The summed E-state index contributed by atoms with van der Waals surface area (Å²) < 4.78 is 26.4. The highest BCUT2D eigenvalue weighted by molar-refractivity contribution is 7.92. The van der Waals surface area contributed by atoms with Gasteiger partial charge in [-0.3, -0.25) is 13.9 Å². The summed E-state index contributed by atoms with van der Waals surface area (Å²) in [7, 11) is -3.52. The third-order valence-corrected chi connectivity index (χ3v) is 7.13. The fraction of sp³-hybridized carbons (Fsp3) is 0.462. The molecule has 2 rings (SSSR count). The van der Waals surface area contributed by atoms with Crippen molar-refractivity contribution < 1.29 is 18.0 Å². The number of nitrogens with zero attached hydrogens (tertiary/aromatic N) is 2. The van der Waals surface area contributed by atoms with Gasteiger partial charge in [-0.2, -0.15) is 0 Å². The first kappa shape index (κ1) is 27.4. The SMILES string of the molecule is CCNC(=O)C(C)N(Cc1cccc(C)c1)C(=O)CCCN(c1cccc(C)c1C)S(C)(=O)=O.